The van der Waals surface area contributed by atoms with Crippen LogP contribution in [-0.4, -0.2) is 20.3 Å². The fourth-order valence-corrected chi connectivity index (χ4v) is 2.73. The lowest BCUT2D eigenvalue weighted by atomic mass is 10.2. The largest absolute Gasteiger partial charge is 0.419 e. The molecule has 4 rings (SSSR count). The molecular formula is C18H8F8N6O. The Morgan fingerprint density at radius 3 is 1.36 bits per heavy atom. The Hall–Kier alpha value is -4.04. The Balaban J connectivity index is 1.70. The van der Waals surface area contributed by atoms with Gasteiger partial charge in [-0.2, -0.15) is 26.3 Å². The first-order valence-corrected chi connectivity index (χ1v) is 8.69. The molecule has 2 aromatic heterocycles. The first-order chi connectivity index (χ1) is 15.4. The molecule has 0 aliphatic rings. The van der Waals surface area contributed by atoms with E-state index in [1.165, 1.54) is 0 Å². The summed E-state index contributed by atoms with van der Waals surface area (Å²) in [4.78, 5) is 7.97. The number of rotatable bonds is 4. The fraction of sp³-hybridized carbons (Fsp3) is 0.111. The highest BCUT2D eigenvalue weighted by Gasteiger charge is 2.35. The van der Waals surface area contributed by atoms with Crippen molar-refractivity contribution in [2.24, 2.45) is 0 Å². The molecular weight excluding hydrogens is 468 g/mol. The Morgan fingerprint density at radius 1 is 0.636 bits per heavy atom. The third kappa shape index (κ3) is 4.61. The number of anilines is 4. The van der Waals surface area contributed by atoms with E-state index < -0.39 is 35.1 Å². The molecule has 0 atom stereocenters. The van der Waals surface area contributed by atoms with Crippen molar-refractivity contribution in [3.05, 3.63) is 59.2 Å². The standard InChI is InChI=1S/C18H8F8N6O/c19-11-5-7(1-3-9(11)17(21,22)23)27-13-14(30-16-15(29-13)31-33-32-16)28-8-2-4-10(12(20)6-8)18(24,25)26/h1-6H,(H,27,29,31)(H,28,30,32). The minimum absolute atomic E-state index is 0.144. The molecule has 7 nitrogen and oxygen atoms in total. The molecule has 0 amide bonds. The zero-order chi connectivity index (χ0) is 24.0. The number of aromatic nitrogens is 4. The minimum atomic E-state index is -4.91. The smallest absolute Gasteiger partial charge is 0.337 e. The van der Waals surface area contributed by atoms with Gasteiger partial charge in [-0.15, -0.1) is 0 Å². The van der Waals surface area contributed by atoms with Crippen molar-refractivity contribution >= 4 is 34.3 Å². The van der Waals surface area contributed by atoms with Crippen LogP contribution in [0.4, 0.5) is 58.1 Å². The summed E-state index contributed by atoms with van der Waals surface area (Å²) in [5.41, 5.74) is -3.62. The van der Waals surface area contributed by atoms with Crippen LogP contribution >= 0.6 is 0 Å². The van der Waals surface area contributed by atoms with E-state index >= 15 is 0 Å². The van der Waals surface area contributed by atoms with Crippen molar-refractivity contribution in [2.75, 3.05) is 10.6 Å². The van der Waals surface area contributed by atoms with E-state index in [1.807, 2.05) is 0 Å². The fourth-order valence-electron chi connectivity index (χ4n) is 2.73. The lowest BCUT2D eigenvalue weighted by Crippen LogP contribution is -2.09. The topological polar surface area (TPSA) is 88.8 Å². The number of hydrogen-bond donors (Lipinski definition) is 2. The average Bonchev–Trinajstić information content (AvgIpc) is 3.13. The maximum Gasteiger partial charge on any atom is 0.419 e. The number of nitrogens with zero attached hydrogens (tertiary/aromatic N) is 4. The summed E-state index contributed by atoms with van der Waals surface area (Å²) < 4.78 is 109. The van der Waals surface area contributed by atoms with E-state index in [4.69, 9.17) is 0 Å². The number of nitrogens with one attached hydrogen (secondary N) is 2. The quantitative estimate of drug-likeness (QED) is 0.359. The molecule has 0 fully saturated rings. The van der Waals surface area contributed by atoms with Gasteiger partial charge in [-0.25, -0.2) is 23.4 Å². The summed E-state index contributed by atoms with van der Waals surface area (Å²) in [7, 11) is 0. The normalized spacial score (nSPS) is 12.2. The van der Waals surface area contributed by atoms with Crippen molar-refractivity contribution in [3.63, 3.8) is 0 Å². The van der Waals surface area contributed by atoms with Gasteiger partial charge in [0.25, 0.3) is 0 Å². The molecule has 0 spiro atoms. The number of benzene rings is 2. The third-order valence-electron chi connectivity index (χ3n) is 4.19. The monoisotopic (exact) mass is 476 g/mol. The SMILES string of the molecule is Fc1cc(Nc2nc3nonc3nc2Nc2ccc(C(F)(F)F)c(F)c2)ccc1C(F)(F)F. The second kappa shape index (κ2) is 7.83. The van der Waals surface area contributed by atoms with Gasteiger partial charge in [-0.3, -0.25) is 0 Å². The minimum Gasteiger partial charge on any atom is -0.337 e. The van der Waals surface area contributed by atoms with E-state index in [0.717, 1.165) is 12.1 Å². The zero-order valence-electron chi connectivity index (χ0n) is 15.7. The highest BCUT2D eigenvalue weighted by molar-refractivity contribution is 5.79. The van der Waals surface area contributed by atoms with Gasteiger partial charge >= 0.3 is 12.4 Å². The van der Waals surface area contributed by atoms with E-state index in [0.29, 0.717) is 24.3 Å². The summed E-state index contributed by atoms with van der Waals surface area (Å²) in [5.74, 6) is -3.61. The predicted octanol–water partition coefficient (Wildman–Crippen LogP) is 5.82. The van der Waals surface area contributed by atoms with Crippen molar-refractivity contribution in [2.45, 2.75) is 12.4 Å². The summed E-state index contributed by atoms with van der Waals surface area (Å²) in [5, 5.41) is 11.9. The Bertz CT molecular complexity index is 1230. The van der Waals surface area contributed by atoms with Crippen LogP contribution in [0.1, 0.15) is 11.1 Å². The molecule has 2 N–H and O–H groups in total. The maximum absolute atomic E-state index is 13.9. The lowest BCUT2D eigenvalue weighted by molar-refractivity contribution is -0.140. The van der Waals surface area contributed by atoms with Crippen molar-refractivity contribution in [3.8, 4) is 0 Å². The van der Waals surface area contributed by atoms with Gasteiger partial charge < -0.3 is 10.6 Å². The Labute approximate surface area is 177 Å². The second-order valence-electron chi connectivity index (χ2n) is 6.47. The molecule has 0 unspecified atom stereocenters. The first-order valence-electron chi connectivity index (χ1n) is 8.69. The number of hydrogen-bond acceptors (Lipinski definition) is 7. The maximum atomic E-state index is 13.9. The van der Waals surface area contributed by atoms with E-state index in [-0.39, 0.29) is 34.3 Å². The number of fused-ring (bicyclic) bond motifs is 1. The van der Waals surface area contributed by atoms with Crippen LogP contribution in [0.3, 0.4) is 0 Å². The van der Waals surface area contributed by atoms with Crippen molar-refractivity contribution in [1.82, 2.24) is 20.3 Å². The van der Waals surface area contributed by atoms with Gasteiger partial charge in [0.05, 0.1) is 11.1 Å². The number of alkyl halides is 6. The van der Waals surface area contributed by atoms with Gasteiger partial charge in [0.15, 0.2) is 11.6 Å². The van der Waals surface area contributed by atoms with Crippen LogP contribution in [-0.2, 0) is 12.4 Å². The van der Waals surface area contributed by atoms with E-state index in [9.17, 15) is 35.1 Å². The Kier molecular flexibility index (Phi) is 5.26. The molecule has 0 radical (unpaired) electrons. The van der Waals surface area contributed by atoms with Crippen LogP contribution in [0.5, 0.6) is 0 Å². The summed E-state index contributed by atoms with van der Waals surface area (Å²) in [6.07, 6.45) is -9.82. The van der Waals surface area contributed by atoms with Crippen LogP contribution in [0.15, 0.2) is 41.0 Å². The highest BCUT2D eigenvalue weighted by atomic mass is 19.4. The molecule has 15 heteroatoms. The third-order valence-corrected chi connectivity index (χ3v) is 4.19. The molecule has 33 heavy (non-hydrogen) atoms. The second-order valence-corrected chi connectivity index (χ2v) is 6.47. The molecule has 2 aromatic carbocycles. The van der Waals surface area contributed by atoms with Gasteiger partial charge in [-0.1, -0.05) is 0 Å². The molecule has 0 aliphatic carbocycles. The summed E-state index contributed by atoms with van der Waals surface area (Å²) in [6.45, 7) is 0. The molecule has 0 saturated heterocycles. The summed E-state index contributed by atoms with van der Waals surface area (Å²) in [6, 6.07) is 3.94. The van der Waals surface area contributed by atoms with Crippen molar-refractivity contribution in [1.29, 1.82) is 0 Å². The molecule has 172 valence electrons. The lowest BCUT2D eigenvalue weighted by Gasteiger charge is -2.14. The first kappa shape index (κ1) is 22.2. The predicted molar refractivity (Wildman–Crippen MR) is 96.8 cm³/mol. The molecule has 0 saturated carbocycles. The molecule has 0 aliphatic heterocycles. The van der Waals surface area contributed by atoms with E-state index in [1.54, 1.807) is 0 Å². The highest BCUT2D eigenvalue weighted by Crippen LogP contribution is 2.35. The van der Waals surface area contributed by atoms with Gasteiger partial charge in [-0.05, 0) is 46.7 Å². The van der Waals surface area contributed by atoms with Gasteiger partial charge in [0.2, 0.25) is 11.3 Å². The van der Waals surface area contributed by atoms with Crippen LogP contribution in [0, 0.1) is 11.6 Å². The number of halogens is 8. The van der Waals surface area contributed by atoms with Gasteiger partial charge in [0, 0.05) is 11.4 Å². The van der Waals surface area contributed by atoms with Crippen LogP contribution < -0.4 is 10.6 Å². The van der Waals surface area contributed by atoms with Crippen LogP contribution in [0.25, 0.3) is 11.3 Å². The van der Waals surface area contributed by atoms with Crippen molar-refractivity contribution < 1.29 is 39.8 Å². The molecule has 0 bridgehead atoms. The van der Waals surface area contributed by atoms with E-state index in [2.05, 4.69) is 35.5 Å². The molecule has 2 heterocycles. The van der Waals surface area contributed by atoms with Crippen LogP contribution in [0.2, 0.25) is 0 Å². The Morgan fingerprint density at radius 2 is 1.03 bits per heavy atom. The summed E-state index contributed by atoms with van der Waals surface area (Å²) >= 11 is 0. The molecule has 4 aromatic rings. The zero-order valence-corrected chi connectivity index (χ0v) is 15.7. The van der Waals surface area contributed by atoms with Gasteiger partial charge in [0.1, 0.15) is 11.6 Å². The average molecular weight is 476 g/mol.